The molecule has 2 aromatic carbocycles. The van der Waals surface area contributed by atoms with Crippen molar-refractivity contribution in [1.29, 1.82) is 5.26 Å². The Bertz CT molecular complexity index is 1010. The Balaban J connectivity index is 1.82. The molecule has 3 aromatic rings. The molecule has 0 aliphatic heterocycles. The minimum absolute atomic E-state index is 0.271. The molecule has 26 heavy (non-hydrogen) atoms. The minimum atomic E-state index is -0.376. The van der Waals surface area contributed by atoms with Gasteiger partial charge in [0.05, 0.1) is 44.4 Å². The highest BCUT2D eigenvalue weighted by atomic mass is 35.5. The highest BCUT2D eigenvalue weighted by molar-refractivity contribution is 6.44. The molecule has 0 spiro atoms. The van der Waals surface area contributed by atoms with Gasteiger partial charge in [-0.1, -0.05) is 41.4 Å². The molecule has 5 nitrogen and oxygen atoms in total. The quantitative estimate of drug-likeness (QED) is 0.645. The number of rotatable bonds is 4. The number of para-hydroxylation sites is 1. The zero-order valence-corrected chi connectivity index (χ0v) is 14.8. The maximum absolute atomic E-state index is 12.5. The van der Waals surface area contributed by atoms with Crippen LogP contribution in [0.15, 0.2) is 60.9 Å². The van der Waals surface area contributed by atoms with E-state index in [4.69, 9.17) is 28.5 Å². The topological polar surface area (TPSA) is 77.8 Å². The van der Waals surface area contributed by atoms with Crippen molar-refractivity contribution in [2.24, 2.45) is 0 Å². The second-order valence-electron chi connectivity index (χ2n) is 5.30. The molecular weight excluding hydrogens is 371 g/mol. The number of hydrogen-bond donors (Lipinski definition) is 2. The smallest absolute Gasteiger partial charge is 0.257 e. The molecule has 3 rings (SSSR count). The van der Waals surface area contributed by atoms with Gasteiger partial charge in [-0.3, -0.25) is 9.78 Å². The summed E-state index contributed by atoms with van der Waals surface area (Å²) < 4.78 is 0. The Morgan fingerprint density at radius 3 is 2.62 bits per heavy atom. The van der Waals surface area contributed by atoms with Crippen molar-refractivity contribution in [2.45, 2.75) is 0 Å². The number of halogens is 2. The van der Waals surface area contributed by atoms with Crippen LogP contribution < -0.4 is 10.6 Å². The average Bonchev–Trinajstić information content (AvgIpc) is 2.66. The van der Waals surface area contributed by atoms with Crippen LogP contribution in [0.5, 0.6) is 0 Å². The first kappa shape index (κ1) is 17.7. The summed E-state index contributed by atoms with van der Waals surface area (Å²) >= 11 is 12.0. The van der Waals surface area contributed by atoms with E-state index in [1.807, 2.05) is 6.07 Å². The van der Waals surface area contributed by atoms with Gasteiger partial charge < -0.3 is 10.6 Å². The van der Waals surface area contributed by atoms with Gasteiger partial charge in [0, 0.05) is 6.20 Å². The molecule has 7 heteroatoms. The van der Waals surface area contributed by atoms with Crippen LogP contribution in [0.25, 0.3) is 0 Å². The fourth-order valence-electron chi connectivity index (χ4n) is 2.27. The van der Waals surface area contributed by atoms with Crippen molar-refractivity contribution >= 4 is 46.2 Å². The van der Waals surface area contributed by atoms with E-state index in [1.54, 1.807) is 48.7 Å². The summed E-state index contributed by atoms with van der Waals surface area (Å²) in [5.41, 5.74) is 2.45. The van der Waals surface area contributed by atoms with Gasteiger partial charge in [-0.05, 0) is 30.3 Å². The third-order valence-corrected chi connectivity index (χ3v) is 4.35. The molecule has 0 atom stereocenters. The number of hydrogen-bond acceptors (Lipinski definition) is 4. The largest absolute Gasteiger partial charge is 0.353 e. The summed E-state index contributed by atoms with van der Waals surface area (Å²) in [4.78, 5) is 16.5. The van der Waals surface area contributed by atoms with Crippen LogP contribution in [0.3, 0.4) is 0 Å². The van der Waals surface area contributed by atoms with Crippen LogP contribution >= 0.6 is 23.2 Å². The Kier molecular flexibility index (Phi) is 5.37. The lowest BCUT2D eigenvalue weighted by atomic mass is 10.2. The molecule has 0 saturated heterocycles. The lowest BCUT2D eigenvalue weighted by Crippen LogP contribution is -2.13. The number of benzene rings is 2. The SMILES string of the molecule is N#Cc1ccccc1Nc1cncc(C(=O)Nc2cccc(Cl)c2Cl)c1. The molecule has 0 radical (unpaired) electrons. The van der Waals surface area contributed by atoms with Crippen LogP contribution in [-0.2, 0) is 0 Å². The Hall–Kier alpha value is -3.07. The number of anilines is 3. The molecule has 1 heterocycles. The predicted octanol–water partition coefficient (Wildman–Crippen LogP) is 5.26. The monoisotopic (exact) mass is 382 g/mol. The standard InChI is InChI=1S/C19H12Cl2N4O/c20-15-5-3-7-17(18(15)21)25-19(26)13-8-14(11-23-10-13)24-16-6-2-1-4-12(16)9-22/h1-8,10-11,24H,(H,25,26). The van der Waals surface area contributed by atoms with E-state index in [2.05, 4.69) is 21.7 Å². The molecule has 0 fully saturated rings. The molecule has 0 aliphatic carbocycles. The van der Waals surface area contributed by atoms with Crippen LogP contribution in [0.1, 0.15) is 15.9 Å². The van der Waals surface area contributed by atoms with Crippen molar-refractivity contribution in [3.8, 4) is 6.07 Å². The van der Waals surface area contributed by atoms with Crippen molar-refractivity contribution in [3.63, 3.8) is 0 Å². The maximum Gasteiger partial charge on any atom is 0.257 e. The third-order valence-electron chi connectivity index (χ3n) is 3.53. The van der Waals surface area contributed by atoms with Gasteiger partial charge in [-0.15, -0.1) is 0 Å². The lowest BCUT2D eigenvalue weighted by Gasteiger charge is -2.10. The molecule has 0 aliphatic rings. The van der Waals surface area contributed by atoms with Gasteiger partial charge in [0.25, 0.3) is 5.91 Å². The normalized spacial score (nSPS) is 10.0. The summed E-state index contributed by atoms with van der Waals surface area (Å²) in [6.07, 6.45) is 3.01. The van der Waals surface area contributed by atoms with E-state index < -0.39 is 0 Å². The number of aromatic nitrogens is 1. The van der Waals surface area contributed by atoms with Crippen molar-refractivity contribution < 1.29 is 4.79 Å². The van der Waals surface area contributed by atoms with Crippen LogP contribution in [-0.4, -0.2) is 10.9 Å². The third kappa shape index (κ3) is 3.94. The number of nitrogens with one attached hydrogen (secondary N) is 2. The molecule has 0 saturated carbocycles. The minimum Gasteiger partial charge on any atom is -0.353 e. The fourth-order valence-corrected chi connectivity index (χ4v) is 2.62. The highest BCUT2D eigenvalue weighted by Crippen LogP contribution is 2.30. The first-order chi connectivity index (χ1) is 12.6. The maximum atomic E-state index is 12.5. The Morgan fingerprint density at radius 2 is 1.81 bits per heavy atom. The number of amides is 1. The highest BCUT2D eigenvalue weighted by Gasteiger charge is 2.12. The predicted molar refractivity (Wildman–Crippen MR) is 103 cm³/mol. The first-order valence-corrected chi connectivity index (χ1v) is 8.30. The molecule has 2 N–H and O–H groups in total. The first-order valence-electron chi connectivity index (χ1n) is 7.55. The molecule has 0 unspecified atom stereocenters. The number of nitrogens with zero attached hydrogens (tertiary/aromatic N) is 2. The van der Waals surface area contributed by atoms with Gasteiger partial charge in [0.1, 0.15) is 6.07 Å². The van der Waals surface area contributed by atoms with E-state index >= 15 is 0 Å². The molecule has 1 aromatic heterocycles. The van der Waals surface area contributed by atoms with E-state index in [-0.39, 0.29) is 10.9 Å². The summed E-state index contributed by atoms with van der Waals surface area (Å²) in [5, 5.41) is 15.6. The van der Waals surface area contributed by atoms with Crippen LogP contribution in [0, 0.1) is 11.3 Å². The molecule has 0 bridgehead atoms. The van der Waals surface area contributed by atoms with Gasteiger partial charge in [-0.25, -0.2) is 0 Å². The van der Waals surface area contributed by atoms with Gasteiger partial charge in [-0.2, -0.15) is 5.26 Å². The van der Waals surface area contributed by atoms with E-state index in [1.165, 1.54) is 6.20 Å². The fraction of sp³-hybridized carbons (Fsp3) is 0. The van der Waals surface area contributed by atoms with Crippen molar-refractivity contribution in [3.05, 3.63) is 82.1 Å². The molecule has 128 valence electrons. The number of carbonyl (C=O) groups is 1. The van der Waals surface area contributed by atoms with Gasteiger partial charge >= 0.3 is 0 Å². The zero-order chi connectivity index (χ0) is 18.5. The second-order valence-corrected chi connectivity index (χ2v) is 6.09. The van der Waals surface area contributed by atoms with E-state index in [0.717, 1.165) is 0 Å². The van der Waals surface area contributed by atoms with Gasteiger partial charge in [0.15, 0.2) is 0 Å². The summed E-state index contributed by atoms with van der Waals surface area (Å²) in [6.45, 7) is 0. The van der Waals surface area contributed by atoms with Crippen LogP contribution in [0.4, 0.5) is 17.1 Å². The van der Waals surface area contributed by atoms with Crippen molar-refractivity contribution in [2.75, 3.05) is 10.6 Å². The van der Waals surface area contributed by atoms with E-state index in [0.29, 0.717) is 33.2 Å². The zero-order valence-electron chi connectivity index (χ0n) is 13.3. The summed E-state index contributed by atoms with van der Waals surface area (Å²) in [6, 6.07) is 15.8. The number of nitriles is 1. The van der Waals surface area contributed by atoms with Crippen LogP contribution in [0.2, 0.25) is 10.0 Å². The van der Waals surface area contributed by atoms with E-state index in [9.17, 15) is 4.79 Å². The van der Waals surface area contributed by atoms with Gasteiger partial charge in [0.2, 0.25) is 0 Å². The Morgan fingerprint density at radius 1 is 1.04 bits per heavy atom. The summed E-state index contributed by atoms with van der Waals surface area (Å²) in [7, 11) is 0. The number of carbonyl (C=O) groups excluding carboxylic acids is 1. The molecule has 1 amide bonds. The second kappa shape index (κ2) is 7.87. The summed E-state index contributed by atoms with van der Waals surface area (Å²) in [5.74, 6) is -0.376. The number of pyridine rings is 1. The lowest BCUT2D eigenvalue weighted by molar-refractivity contribution is 0.102. The molecular formula is C19H12Cl2N4O. The average molecular weight is 383 g/mol. The Labute approximate surface area is 160 Å². The van der Waals surface area contributed by atoms with Crippen molar-refractivity contribution in [1.82, 2.24) is 4.98 Å².